The average molecular weight is 206 g/mol. The summed E-state index contributed by atoms with van der Waals surface area (Å²) in [5.41, 5.74) is 0.665. The zero-order valence-corrected chi connectivity index (χ0v) is 8.59. The van der Waals surface area contributed by atoms with E-state index in [1.165, 1.54) is 0 Å². The minimum Gasteiger partial charge on any atom is -0.379 e. The van der Waals surface area contributed by atoms with Crippen LogP contribution < -0.4 is 0 Å². The fraction of sp³-hybridized carbons (Fsp3) is 0.400. The highest BCUT2D eigenvalue weighted by Crippen LogP contribution is 2.17. The van der Waals surface area contributed by atoms with E-state index in [2.05, 4.69) is 22.1 Å². The first-order valence-electron chi connectivity index (χ1n) is 5.01. The van der Waals surface area contributed by atoms with Crippen LogP contribution in [0.1, 0.15) is 31.0 Å². The van der Waals surface area contributed by atoms with Crippen LogP contribution in [-0.2, 0) is 6.54 Å². The first-order valence-corrected chi connectivity index (χ1v) is 5.01. The Morgan fingerprint density at radius 1 is 1.53 bits per heavy atom. The highest BCUT2D eigenvalue weighted by atomic mass is 16.3. The van der Waals surface area contributed by atoms with Gasteiger partial charge in [-0.3, -0.25) is 5.10 Å². The standard InChI is InChI=1S/C10H14N4O/c1-2-6-14-7-5-11-10(14)9(15)8-3-4-12-13-8/h3-5,7,9,15H,2,6H2,1H3,(H,12,13). The van der Waals surface area contributed by atoms with E-state index >= 15 is 0 Å². The number of aromatic nitrogens is 4. The predicted molar refractivity (Wildman–Crippen MR) is 55.2 cm³/mol. The predicted octanol–water partition coefficient (Wildman–Crippen LogP) is 1.10. The van der Waals surface area contributed by atoms with Gasteiger partial charge in [-0.15, -0.1) is 0 Å². The number of hydrogen-bond acceptors (Lipinski definition) is 3. The minimum atomic E-state index is -0.728. The van der Waals surface area contributed by atoms with Gasteiger partial charge in [-0.2, -0.15) is 5.10 Å². The molecular formula is C10H14N4O. The van der Waals surface area contributed by atoms with Gasteiger partial charge in [-0.25, -0.2) is 4.98 Å². The van der Waals surface area contributed by atoms with Crippen LogP contribution in [0.3, 0.4) is 0 Å². The number of hydrogen-bond donors (Lipinski definition) is 2. The van der Waals surface area contributed by atoms with Crippen molar-refractivity contribution in [3.8, 4) is 0 Å². The lowest BCUT2D eigenvalue weighted by molar-refractivity contribution is 0.199. The highest BCUT2D eigenvalue weighted by molar-refractivity contribution is 5.13. The summed E-state index contributed by atoms with van der Waals surface area (Å²) in [6.45, 7) is 2.95. The van der Waals surface area contributed by atoms with Crippen molar-refractivity contribution in [3.63, 3.8) is 0 Å². The average Bonchev–Trinajstić information content (AvgIpc) is 2.87. The number of aromatic amines is 1. The van der Waals surface area contributed by atoms with Crippen molar-refractivity contribution in [2.45, 2.75) is 26.0 Å². The summed E-state index contributed by atoms with van der Waals surface area (Å²) >= 11 is 0. The molecule has 2 rings (SSSR count). The third-order valence-electron chi connectivity index (χ3n) is 2.27. The van der Waals surface area contributed by atoms with Crippen molar-refractivity contribution in [2.24, 2.45) is 0 Å². The highest BCUT2D eigenvalue weighted by Gasteiger charge is 2.16. The Morgan fingerprint density at radius 2 is 2.40 bits per heavy atom. The van der Waals surface area contributed by atoms with Crippen LogP contribution >= 0.6 is 0 Å². The van der Waals surface area contributed by atoms with Gasteiger partial charge in [0.05, 0.1) is 5.69 Å². The molecule has 1 atom stereocenters. The molecular weight excluding hydrogens is 192 g/mol. The Bertz CT molecular complexity index is 407. The summed E-state index contributed by atoms with van der Waals surface area (Å²) in [4.78, 5) is 4.16. The van der Waals surface area contributed by atoms with Crippen molar-refractivity contribution >= 4 is 0 Å². The molecule has 0 bridgehead atoms. The topological polar surface area (TPSA) is 66.7 Å². The van der Waals surface area contributed by atoms with Crippen molar-refractivity contribution in [1.29, 1.82) is 0 Å². The second-order valence-electron chi connectivity index (χ2n) is 3.39. The lowest BCUT2D eigenvalue weighted by atomic mass is 10.2. The van der Waals surface area contributed by atoms with Gasteiger partial charge in [-0.1, -0.05) is 6.92 Å². The summed E-state index contributed by atoms with van der Waals surface area (Å²) in [7, 11) is 0. The summed E-state index contributed by atoms with van der Waals surface area (Å²) in [5.74, 6) is 0.654. The second-order valence-corrected chi connectivity index (χ2v) is 3.39. The molecule has 2 aromatic heterocycles. The fourth-order valence-electron chi connectivity index (χ4n) is 1.56. The van der Waals surface area contributed by atoms with Gasteiger partial charge < -0.3 is 9.67 Å². The van der Waals surface area contributed by atoms with Gasteiger partial charge in [-0.05, 0) is 12.5 Å². The number of aliphatic hydroxyl groups excluding tert-OH is 1. The molecule has 0 aromatic carbocycles. The Balaban J connectivity index is 2.25. The van der Waals surface area contributed by atoms with Gasteiger partial charge in [0.1, 0.15) is 5.82 Å². The van der Waals surface area contributed by atoms with E-state index in [-0.39, 0.29) is 0 Å². The van der Waals surface area contributed by atoms with Crippen LogP contribution in [0.2, 0.25) is 0 Å². The number of aliphatic hydroxyl groups is 1. The van der Waals surface area contributed by atoms with Crippen LogP contribution in [-0.4, -0.2) is 24.9 Å². The summed E-state index contributed by atoms with van der Waals surface area (Å²) in [5, 5.41) is 16.6. The molecule has 0 saturated heterocycles. The summed E-state index contributed by atoms with van der Waals surface area (Å²) < 4.78 is 1.95. The SMILES string of the molecule is CCCn1ccnc1C(O)c1ccn[nH]1. The van der Waals surface area contributed by atoms with E-state index < -0.39 is 6.10 Å². The van der Waals surface area contributed by atoms with E-state index in [9.17, 15) is 5.11 Å². The van der Waals surface area contributed by atoms with Crippen molar-refractivity contribution < 1.29 is 5.11 Å². The van der Waals surface area contributed by atoms with E-state index in [1.807, 2.05) is 10.8 Å². The van der Waals surface area contributed by atoms with Gasteiger partial charge in [0.2, 0.25) is 0 Å². The van der Waals surface area contributed by atoms with Crippen molar-refractivity contribution in [2.75, 3.05) is 0 Å². The van der Waals surface area contributed by atoms with Gasteiger partial charge in [0, 0.05) is 25.1 Å². The molecule has 0 amide bonds. The maximum Gasteiger partial charge on any atom is 0.153 e. The van der Waals surface area contributed by atoms with Crippen molar-refractivity contribution in [1.82, 2.24) is 19.7 Å². The van der Waals surface area contributed by atoms with Crippen LogP contribution in [0.5, 0.6) is 0 Å². The van der Waals surface area contributed by atoms with E-state index in [0.29, 0.717) is 11.5 Å². The first kappa shape index (κ1) is 9.92. The molecule has 2 heterocycles. The smallest absolute Gasteiger partial charge is 0.153 e. The van der Waals surface area contributed by atoms with E-state index in [4.69, 9.17) is 0 Å². The number of nitrogens with zero attached hydrogens (tertiary/aromatic N) is 3. The Labute approximate surface area is 87.8 Å². The number of nitrogens with one attached hydrogen (secondary N) is 1. The quantitative estimate of drug-likeness (QED) is 0.787. The minimum absolute atomic E-state index is 0.654. The number of imidazole rings is 1. The van der Waals surface area contributed by atoms with E-state index in [0.717, 1.165) is 13.0 Å². The third kappa shape index (κ3) is 1.92. The van der Waals surface area contributed by atoms with Crippen LogP contribution in [0.25, 0.3) is 0 Å². The Hall–Kier alpha value is -1.62. The second kappa shape index (κ2) is 4.27. The monoisotopic (exact) mass is 206 g/mol. The molecule has 0 spiro atoms. The third-order valence-corrected chi connectivity index (χ3v) is 2.27. The molecule has 5 heteroatoms. The lowest BCUT2D eigenvalue weighted by Crippen LogP contribution is -2.10. The zero-order valence-electron chi connectivity index (χ0n) is 8.59. The molecule has 0 radical (unpaired) electrons. The molecule has 0 aliphatic rings. The summed E-state index contributed by atoms with van der Waals surface area (Å²) in [6, 6.07) is 1.75. The fourth-order valence-corrected chi connectivity index (χ4v) is 1.56. The molecule has 0 aliphatic carbocycles. The Kier molecular flexibility index (Phi) is 2.82. The van der Waals surface area contributed by atoms with Crippen LogP contribution in [0.15, 0.2) is 24.7 Å². The van der Waals surface area contributed by atoms with Gasteiger partial charge in [0.15, 0.2) is 6.10 Å². The molecule has 2 aromatic rings. The number of aryl methyl sites for hydroxylation is 1. The molecule has 5 nitrogen and oxygen atoms in total. The number of H-pyrrole nitrogens is 1. The van der Waals surface area contributed by atoms with Crippen LogP contribution in [0.4, 0.5) is 0 Å². The summed E-state index contributed by atoms with van der Waals surface area (Å²) in [6.07, 6.45) is 5.47. The van der Waals surface area contributed by atoms with Gasteiger partial charge >= 0.3 is 0 Å². The maximum atomic E-state index is 10.0. The molecule has 2 N–H and O–H groups in total. The van der Waals surface area contributed by atoms with Crippen molar-refractivity contribution in [3.05, 3.63) is 36.2 Å². The maximum absolute atomic E-state index is 10.0. The van der Waals surface area contributed by atoms with Crippen LogP contribution in [0, 0.1) is 0 Å². The molecule has 15 heavy (non-hydrogen) atoms. The molecule has 80 valence electrons. The zero-order chi connectivity index (χ0) is 10.7. The number of rotatable bonds is 4. The normalized spacial score (nSPS) is 12.9. The lowest BCUT2D eigenvalue weighted by Gasteiger charge is -2.10. The largest absolute Gasteiger partial charge is 0.379 e. The van der Waals surface area contributed by atoms with E-state index in [1.54, 1.807) is 18.5 Å². The Morgan fingerprint density at radius 3 is 3.07 bits per heavy atom. The van der Waals surface area contributed by atoms with Gasteiger partial charge in [0.25, 0.3) is 0 Å². The molecule has 0 fully saturated rings. The molecule has 0 saturated carbocycles. The molecule has 1 unspecified atom stereocenters. The first-order chi connectivity index (χ1) is 7.33. The molecule has 0 aliphatic heterocycles.